The molecule has 4 heteroatoms. The Hall–Kier alpha value is -1.48. The van der Waals surface area contributed by atoms with Gasteiger partial charge in [-0.05, 0) is 31.5 Å². The molecular weight excluding hydrogens is 226 g/mol. The third-order valence-electron chi connectivity index (χ3n) is 2.04. The van der Waals surface area contributed by atoms with Gasteiger partial charge in [0.05, 0.1) is 5.02 Å². The largest absolute Gasteiger partial charge is 0.506 e. The Morgan fingerprint density at radius 3 is 2.94 bits per heavy atom. The second-order valence-electron chi connectivity index (χ2n) is 3.28. The molecule has 0 fully saturated rings. The van der Waals surface area contributed by atoms with Crippen LogP contribution >= 0.6 is 11.6 Å². The number of benzene rings is 1. The number of amides is 1. The SMILES string of the molecule is C/C=C/CCNC(=O)c1ccc(O)c(Cl)c1. The summed E-state index contributed by atoms with van der Waals surface area (Å²) >= 11 is 5.70. The molecule has 3 nitrogen and oxygen atoms in total. The average molecular weight is 240 g/mol. The highest BCUT2D eigenvalue weighted by Gasteiger charge is 2.06. The number of hydrogen-bond acceptors (Lipinski definition) is 2. The molecule has 0 aliphatic carbocycles. The van der Waals surface area contributed by atoms with Crippen LogP contribution in [0.5, 0.6) is 5.75 Å². The topological polar surface area (TPSA) is 49.3 Å². The first-order valence-electron chi connectivity index (χ1n) is 5.03. The number of hydrogen-bond donors (Lipinski definition) is 2. The highest BCUT2D eigenvalue weighted by Crippen LogP contribution is 2.23. The van der Waals surface area contributed by atoms with E-state index in [1.807, 2.05) is 19.1 Å². The lowest BCUT2D eigenvalue weighted by Crippen LogP contribution is -2.23. The molecular formula is C12H14ClNO2. The number of nitrogens with one attached hydrogen (secondary N) is 1. The van der Waals surface area contributed by atoms with E-state index in [1.54, 1.807) is 0 Å². The van der Waals surface area contributed by atoms with E-state index in [-0.39, 0.29) is 16.7 Å². The molecule has 0 atom stereocenters. The summed E-state index contributed by atoms with van der Waals surface area (Å²) < 4.78 is 0. The van der Waals surface area contributed by atoms with E-state index in [2.05, 4.69) is 5.32 Å². The molecule has 0 aromatic heterocycles. The van der Waals surface area contributed by atoms with Crippen molar-refractivity contribution in [1.82, 2.24) is 5.32 Å². The minimum absolute atomic E-state index is 0.0212. The average Bonchev–Trinajstić information content (AvgIpc) is 2.28. The van der Waals surface area contributed by atoms with Crippen molar-refractivity contribution >= 4 is 17.5 Å². The minimum Gasteiger partial charge on any atom is -0.506 e. The van der Waals surface area contributed by atoms with Gasteiger partial charge in [-0.2, -0.15) is 0 Å². The van der Waals surface area contributed by atoms with Crippen molar-refractivity contribution < 1.29 is 9.90 Å². The molecule has 0 aliphatic heterocycles. The van der Waals surface area contributed by atoms with Gasteiger partial charge < -0.3 is 10.4 Å². The summed E-state index contributed by atoms with van der Waals surface area (Å²) in [5, 5.41) is 12.1. The second-order valence-corrected chi connectivity index (χ2v) is 3.69. The third kappa shape index (κ3) is 3.59. The van der Waals surface area contributed by atoms with E-state index < -0.39 is 0 Å². The fraction of sp³-hybridized carbons (Fsp3) is 0.250. The van der Waals surface area contributed by atoms with Crippen LogP contribution in [0.15, 0.2) is 30.4 Å². The molecule has 1 aromatic carbocycles. The highest BCUT2D eigenvalue weighted by atomic mass is 35.5. The van der Waals surface area contributed by atoms with Gasteiger partial charge in [-0.15, -0.1) is 0 Å². The Morgan fingerprint density at radius 1 is 1.56 bits per heavy atom. The standard InChI is InChI=1S/C12H14ClNO2/c1-2-3-4-7-14-12(16)9-5-6-11(15)10(13)8-9/h2-3,5-6,8,15H,4,7H2,1H3,(H,14,16)/b3-2+. The molecule has 0 saturated carbocycles. The number of rotatable bonds is 4. The first kappa shape index (κ1) is 12.6. The smallest absolute Gasteiger partial charge is 0.251 e. The fourth-order valence-corrected chi connectivity index (χ4v) is 1.37. The van der Waals surface area contributed by atoms with Gasteiger partial charge in [0.1, 0.15) is 5.75 Å². The molecule has 0 unspecified atom stereocenters. The van der Waals surface area contributed by atoms with Crippen molar-refractivity contribution in [2.45, 2.75) is 13.3 Å². The van der Waals surface area contributed by atoms with Crippen LogP contribution in [-0.4, -0.2) is 17.6 Å². The molecule has 0 radical (unpaired) electrons. The van der Waals surface area contributed by atoms with Crippen LogP contribution < -0.4 is 5.32 Å². The molecule has 2 N–H and O–H groups in total. The lowest BCUT2D eigenvalue weighted by Gasteiger charge is -2.04. The van der Waals surface area contributed by atoms with E-state index in [9.17, 15) is 9.90 Å². The maximum absolute atomic E-state index is 11.6. The molecule has 0 saturated heterocycles. The zero-order chi connectivity index (χ0) is 12.0. The fourth-order valence-electron chi connectivity index (χ4n) is 1.19. The Kier molecular flexibility index (Phi) is 4.86. The Morgan fingerprint density at radius 2 is 2.31 bits per heavy atom. The van der Waals surface area contributed by atoms with Crippen molar-refractivity contribution in [2.24, 2.45) is 0 Å². The summed E-state index contributed by atoms with van der Waals surface area (Å²) in [6.45, 7) is 2.52. The maximum atomic E-state index is 11.6. The number of aromatic hydroxyl groups is 1. The number of phenols is 1. The van der Waals surface area contributed by atoms with Crippen LogP contribution in [0.3, 0.4) is 0 Å². The van der Waals surface area contributed by atoms with Gasteiger partial charge in [0.2, 0.25) is 0 Å². The number of phenolic OH excluding ortho intramolecular Hbond substituents is 1. The number of carbonyl (C=O) groups is 1. The molecule has 0 bridgehead atoms. The van der Waals surface area contributed by atoms with Crippen molar-refractivity contribution in [3.63, 3.8) is 0 Å². The van der Waals surface area contributed by atoms with Gasteiger partial charge in [0, 0.05) is 12.1 Å². The van der Waals surface area contributed by atoms with Gasteiger partial charge in [0.15, 0.2) is 0 Å². The monoisotopic (exact) mass is 239 g/mol. The van der Waals surface area contributed by atoms with Crippen molar-refractivity contribution in [3.8, 4) is 5.75 Å². The van der Waals surface area contributed by atoms with E-state index in [0.29, 0.717) is 12.1 Å². The summed E-state index contributed by atoms with van der Waals surface area (Å²) in [5.74, 6) is -0.210. The van der Waals surface area contributed by atoms with Crippen molar-refractivity contribution in [1.29, 1.82) is 0 Å². The molecule has 16 heavy (non-hydrogen) atoms. The van der Waals surface area contributed by atoms with E-state index >= 15 is 0 Å². The Bertz CT molecular complexity index is 402. The highest BCUT2D eigenvalue weighted by molar-refractivity contribution is 6.32. The van der Waals surface area contributed by atoms with Gasteiger partial charge >= 0.3 is 0 Å². The van der Waals surface area contributed by atoms with Gasteiger partial charge in [-0.1, -0.05) is 23.8 Å². The van der Waals surface area contributed by atoms with Crippen LogP contribution in [0.2, 0.25) is 5.02 Å². The summed E-state index contributed by atoms with van der Waals surface area (Å²) in [6, 6.07) is 4.39. The second kappa shape index (κ2) is 6.18. The summed E-state index contributed by atoms with van der Waals surface area (Å²) in [5.41, 5.74) is 0.447. The molecule has 0 spiro atoms. The first-order valence-corrected chi connectivity index (χ1v) is 5.41. The van der Waals surface area contributed by atoms with Gasteiger partial charge in [-0.3, -0.25) is 4.79 Å². The zero-order valence-electron chi connectivity index (χ0n) is 9.03. The predicted octanol–water partition coefficient (Wildman–Crippen LogP) is 2.74. The molecule has 0 aliphatic rings. The molecule has 1 amide bonds. The van der Waals surface area contributed by atoms with Crippen LogP contribution in [0.25, 0.3) is 0 Å². The molecule has 0 heterocycles. The Balaban J connectivity index is 2.56. The van der Waals surface area contributed by atoms with Crippen molar-refractivity contribution in [3.05, 3.63) is 40.9 Å². The van der Waals surface area contributed by atoms with Gasteiger partial charge in [-0.25, -0.2) is 0 Å². The van der Waals surface area contributed by atoms with E-state index in [1.165, 1.54) is 18.2 Å². The molecule has 86 valence electrons. The van der Waals surface area contributed by atoms with Crippen molar-refractivity contribution in [2.75, 3.05) is 6.54 Å². The van der Waals surface area contributed by atoms with Crippen LogP contribution in [0.1, 0.15) is 23.7 Å². The van der Waals surface area contributed by atoms with Crippen LogP contribution in [-0.2, 0) is 0 Å². The first-order chi connectivity index (χ1) is 7.65. The normalized spacial score (nSPS) is 10.6. The molecule has 1 rings (SSSR count). The predicted molar refractivity (Wildman–Crippen MR) is 64.9 cm³/mol. The van der Waals surface area contributed by atoms with E-state index in [4.69, 9.17) is 11.6 Å². The minimum atomic E-state index is -0.189. The van der Waals surface area contributed by atoms with Crippen LogP contribution in [0, 0.1) is 0 Å². The maximum Gasteiger partial charge on any atom is 0.251 e. The Labute approximate surface area is 99.7 Å². The summed E-state index contributed by atoms with van der Waals surface area (Å²) in [7, 11) is 0. The zero-order valence-corrected chi connectivity index (χ0v) is 9.79. The lowest BCUT2D eigenvalue weighted by molar-refractivity contribution is 0.0954. The number of halogens is 1. The summed E-state index contributed by atoms with van der Waals surface area (Å²) in [4.78, 5) is 11.6. The molecule has 1 aromatic rings. The number of carbonyl (C=O) groups excluding carboxylic acids is 1. The lowest BCUT2D eigenvalue weighted by atomic mass is 10.2. The quantitative estimate of drug-likeness (QED) is 0.627. The van der Waals surface area contributed by atoms with Gasteiger partial charge in [0.25, 0.3) is 5.91 Å². The summed E-state index contributed by atoms with van der Waals surface area (Å²) in [6.07, 6.45) is 4.71. The van der Waals surface area contributed by atoms with E-state index in [0.717, 1.165) is 6.42 Å². The number of allylic oxidation sites excluding steroid dienone is 1. The third-order valence-corrected chi connectivity index (χ3v) is 2.34. The van der Waals surface area contributed by atoms with Crippen LogP contribution in [0.4, 0.5) is 0 Å².